The fourth-order valence-electron chi connectivity index (χ4n) is 1.38. The fourth-order valence-corrected chi connectivity index (χ4v) is 2.06. The third kappa shape index (κ3) is 2.91. The number of halogens is 3. The van der Waals surface area contributed by atoms with Crippen LogP contribution in [-0.4, -0.2) is 15.8 Å². The Morgan fingerprint density at radius 2 is 1.94 bits per heavy atom. The van der Waals surface area contributed by atoms with E-state index in [-0.39, 0.29) is 16.9 Å². The third-order valence-electron chi connectivity index (χ3n) is 2.27. The number of Topliss-reactive ketones (excluding diaryl/α,β-unsaturated/α-hetero) is 1. The molecule has 0 fully saturated rings. The van der Waals surface area contributed by atoms with Crippen molar-refractivity contribution in [3.05, 3.63) is 58.9 Å². The molecule has 1 aromatic carbocycles. The first-order valence-electron chi connectivity index (χ1n) is 5.00. The molecule has 0 aliphatic heterocycles. The van der Waals surface area contributed by atoms with Crippen LogP contribution in [0.4, 0.5) is 4.39 Å². The smallest absolute Gasteiger partial charge is 0.222 e. The number of rotatable bonds is 3. The molecular formula is C12H7BrClFN2O. The first kappa shape index (κ1) is 13.1. The molecule has 2 rings (SSSR count). The van der Waals surface area contributed by atoms with Gasteiger partial charge in [-0.2, -0.15) is 0 Å². The highest BCUT2D eigenvalue weighted by atomic mass is 79.9. The van der Waals surface area contributed by atoms with Crippen LogP contribution in [0.15, 0.2) is 36.5 Å². The molecule has 0 aliphatic rings. The molecule has 0 N–H and O–H groups in total. The van der Waals surface area contributed by atoms with Gasteiger partial charge in [-0.1, -0.05) is 15.9 Å². The lowest BCUT2D eigenvalue weighted by Crippen LogP contribution is -2.09. The highest BCUT2D eigenvalue weighted by molar-refractivity contribution is 9.09. The number of benzene rings is 1. The van der Waals surface area contributed by atoms with Crippen molar-refractivity contribution < 1.29 is 9.18 Å². The summed E-state index contributed by atoms with van der Waals surface area (Å²) in [5, 5.41) is 0.0730. The number of hydrogen-bond acceptors (Lipinski definition) is 3. The Balaban J connectivity index is 2.26. The maximum atomic E-state index is 12.8. The first-order valence-corrected chi connectivity index (χ1v) is 6.29. The van der Waals surface area contributed by atoms with Gasteiger partial charge in [-0.3, -0.25) is 4.79 Å². The summed E-state index contributed by atoms with van der Waals surface area (Å²) in [5.41, 5.74) is 0.859. The van der Waals surface area contributed by atoms with E-state index in [0.717, 1.165) is 0 Å². The maximum Gasteiger partial charge on any atom is 0.222 e. The predicted molar refractivity (Wildman–Crippen MR) is 69.4 cm³/mol. The van der Waals surface area contributed by atoms with Crippen LogP contribution < -0.4 is 0 Å². The normalized spacial score (nSPS) is 12.2. The minimum Gasteiger partial charge on any atom is -0.292 e. The summed E-state index contributed by atoms with van der Waals surface area (Å²) in [6, 6.07) is 6.91. The van der Waals surface area contributed by atoms with E-state index in [2.05, 4.69) is 25.9 Å². The molecule has 1 aromatic heterocycles. The van der Waals surface area contributed by atoms with Gasteiger partial charge in [0.2, 0.25) is 5.28 Å². The summed E-state index contributed by atoms with van der Waals surface area (Å²) in [7, 11) is 0. The van der Waals surface area contributed by atoms with Gasteiger partial charge in [0.05, 0.1) is 5.69 Å². The monoisotopic (exact) mass is 328 g/mol. The molecule has 0 bridgehead atoms. The van der Waals surface area contributed by atoms with Gasteiger partial charge >= 0.3 is 0 Å². The summed E-state index contributed by atoms with van der Waals surface area (Å²) in [6.07, 6.45) is 1.47. The quantitative estimate of drug-likeness (QED) is 0.491. The van der Waals surface area contributed by atoms with Gasteiger partial charge in [0.1, 0.15) is 10.6 Å². The van der Waals surface area contributed by atoms with Crippen LogP contribution in [0.1, 0.15) is 20.9 Å². The van der Waals surface area contributed by atoms with Crippen molar-refractivity contribution in [3.8, 4) is 0 Å². The molecule has 18 heavy (non-hydrogen) atoms. The van der Waals surface area contributed by atoms with Crippen molar-refractivity contribution >= 4 is 33.3 Å². The maximum absolute atomic E-state index is 12.8. The van der Waals surface area contributed by atoms with Crippen molar-refractivity contribution in [2.75, 3.05) is 0 Å². The van der Waals surface area contributed by atoms with Gasteiger partial charge in [-0.05, 0) is 41.9 Å². The zero-order chi connectivity index (χ0) is 13.1. The lowest BCUT2D eigenvalue weighted by Gasteiger charge is -2.08. The van der Waals surface area contributed by atoms with E-state index in [1.807, 2.05) is 0 Å². The van der Waals surface area contributed by atoms with Crippen molar-refractivity contribution in [2.24, 2.45) is 0 Å². The lowest BCUT2D eigenvalue weighted by atomic mass is 10.1. The summed E-state index contributed by atoms with van der Waals surface area (Å²) in [5.74, 6) is -0.604. The zero-order valence-corrected chi connectivity index (χ0v) is 11.3. The molecule has 0 amide bonds. The van der Waals surface area contributed by atoms with Gasteiger partial charge in [-0.25, -0.2) is 14.4 Å². The predicted octanol–water partition coefficient (Wildman–Crippen LogP) is 3.59. The van der Waals surface area contributed by atoms with Gasteiger partial charge < -0.3 is 0 Å². The van der Waals surface area contributed by atoms with Crippen molar-refractivity contribution in [3.63, 3.8) is 0 Å². The van der Waals surface area contributed by atoms with Crippen molar-refractivity contribution in [1.29, 1.82) is 0 Å². The van der Waals surface area contributed by atoms with E-state index in [9.17, 15) is 9.18 Å². The van der Waals surface area contributed by atoms with E-state index in [4.69, 9.17) is 11.6 Å². The molecule has 0 radical (unpaired) electrons. The molecule has 0 saturated carbocycles. The minimum atomic E-state index is -0.636. The number of alkyl halides is 1. The SMILES string of the molecule is O=C(c1ccc(F)cc1)C(Br)c1ccnc(Cl)n1. The summed E-state index contributed by atoms with van der Waals surface area (Å²) in [6.45, 7) is 0. The van der Waals surface area contributed by atoms with E-state index in [0.29, 0.717) is 11.3 Å². The molecule has 2 aromatic rings. The molecular weight excluding hydrogens is 322 g/mol. The first-order chi connectivity index (χ1) is 8.58. The van der Waals surface area contributed by atoms with Gasteiger partial charge in [0, 0.05) is 11.8 Å². The average molecular weight is 330 g/mol. The zero-order valence-electron chi connectivity index (χ0n) is 8.98. The van der Waals surface area contributed by atoms with Crippen LogP contribution in [0.2, 0.25) is 5.28 Å². The molecule has 0 spiro atoms. The second-order valence-corrected chi connectivity index (χ2v) is 4.74. The lowest BCUT2D eigenvalue weighted by molar-refractivity contribution is 0.0990. The van der Waals surface area contributed by atoms with Crippen LogP contribution in [0.25, 0.3) is 0 Å². The molecule has 1 heterocycles. The van der Waals surface area contributed by atoms with Crippen molar-refractivity contribution in [1.82, 2.24) is 9.97 Å². The van der Waals surface area contributed by atoms with Gasteiger partial charge in [0.15, 0.2) is 5.78 Å². The number of carbonyl (C=O) groups excluding carboxylic acids is 1. The molecule has 3 nitrogen and oxygen atoms in total. The Bertz CT molecular complexity index is 577. The fraction of sp³-hybridized carbons (Fsp3) is 0.0833. The molecule has 0 aliphatic carbocycles. The van der Waals surface area contributed by atoms with Gasteiger partial charge in [-0.15, -0.1) is 0 Å². The Morgan fingerprint density at radius 3 is 2.56 bits per heavy atom. The van der Waals surface area contributed by atoms with E-state index in [1.165, 1.54) is 30.5 Å². The standard InChI is InChI=1S/C12H7BrClFN2O/c13-10(9-5-6-16-12(14)17-9)11(18)7-1-3-8(15)4-2-7/h1-6,10H. The topological polar surface area (TPSA) is 42.9 Å². The molecule has 1 unspecified atom stereocenters. The summed E-state index contributed by atoms with van der Waals surface area (Å²) < 4.78 is 12.8. The Hall–Kier alpha value is -1.33. The Labute approximate surface area is 116 Å². The largest absolute Gasteiger partial charge is 0.292 e. The second-order valence-electron chi connectivity index (χ2n) is 3.48. The van der Waals surface area contributed by atoms with Crippen LogP contribution in [0, 0.1) is 5.82 Å². The van der Waals surface area contributed by atoms with E-state index in [1.54, 1.807) is 6.07 Å². The van der Waals surface area contributed by atoms with E-state index >= 15 is 0 Å². The average Bonchev–Trinajstić information content (AvgIpc) is 2.38. The second kappa shape index (κ2) is 5.54. The minimum absolute atomic E-state index is 0.0730. The van der Waals surface area contributed by atoms with Crippen molar-refractivity contribution in [2.45, 2.75) is 4.83 Å². The third-order valence-corrected chi connectivity index (χ3v) is 3.33. The Kier molecular flexibility index (Phi) is 4.04. The van der Waals surface area contributed by atoms with Crippen LogP contribution in [0.5, 0.6) is 0 Å². The summed E-state index contributed by atoms with van der Waals surface area (Å²) >= 11 is 8.91. The Morgan fingerprint density at radius 1 is 1.28 bits per heavy atom. The molecule has 6 heteroatoms. The van der Waals surface area contributed by atoms with Gasteiger partial charge in [0.25, 0.3) is 0 Å². The highest BCUT2D eigenvalue weighted by Gasteiger charge is 2.20. The molecule has 1 atom stereocenters. The summed E-state index contributed by atoms with van der Waals surface area (Å²) in [4.78, 5) is 19.1. The van der Waals surface area contributed by atoms with Crippen LogP contribution >= 0.6 is 27.5 Å². The van der Waals surface area contributed by atoms with Crippen LogP contribution in [-0.2, 0) is 0 Å². The molecule has 0 saturated heterocycles. The van der Waals surface area contributed by atoms with E-state index < -0.39 is 4.83 Å². The number of aromatic nitrogens is 2. The number of ketones is 1. The highest BCUT2D eigenvalue weighted by Crippen LogP contribution is 2.26. The number of hydrogen-bond donors (Lipinski definition) is 0. The number of carbonyl (C=O) groups is 1. The molecule has 92 valence electrons. The number of nitrogens with zero attached hydrogens (tertiary/aromatic N) is 2. The van der Waals surface area contributed by atoms with Crippen LogP contribution in [0.3, 0.4) is 0 Å².